The third-order valence-corrected chi connectivity index (χ3v) is 4.61. The average molecular weight is 324 g/mol. The lowest BCUT2D eigenvalue weighted by Crippen LogP contribution is -2.41. The molecule has 4 nitrogen and oxygen atoms in total. The molecule has 0 aliphatic rings. The molecule has 0 radical (unpaired) electrons. The first-order valence-corrected chi connectivity index (χ1v) is 7.80. The van der Waals surface area contributed by atoms with E-state index in [4.69, 9.17) is 5.73 Å². The van der Waals surface area contributed by atoms with Crippen LogP contribution in [0.3, 0.4) is 0 Å². The topological polar surface area (TPSA) is 63.4 Å². The molecule has 0 heterocycles. The maximum atomic E-state index is 12.6. The number of hydrogen-bond donors (Lipinski definition) is 1. The minimum atomic E-state index is -4.59. The van der Waals surface area contributed by atoms with Gasteiger partial charge in [0.05, 0.1) is 4.90 Å². The highest BCUT2D eigenvalue weighted by Gasteiger charge is 2.37. The summed E-state index contributed by atoms with van der Waals surface area (Å²) in [6, 6.07) is 3.89. The van der Waals surface area contributed by atoms with Crippen LogP contribution < -0.4 is 5.73 Å². The lowest BCUT2D eigenvalue weighted by atomic mass is 10.2. The summed E-state index contributed by atoms with van der Waals surface area (Å²) in [7, 11) is -4.21. The second-order valence-electron chi connectivity index (χ2n) is 5.32. The van der Waals surface area contributed by atoms with Gasteiger partial charge >= 0.3 is 6.18 Å². The largest absolute Gasteiger partial charge is 0.402 e. The van der Waals surface area contributed by atoms with Gasteiger partial charge < -0.3 is 5.73 Å². The minimum absolute atomic E-state index is 0.181. The van der Waals surface area contributed by atoms with E-state index in [1.54, 1.807) is 20.8 Å². The van der Waals surface area contributed by atoms with Gasteiger partial charge in [0, 0.05) is 12.2 Å². The highest BCUT2D eigenvalue weighted by Crippen LogP contribution is 2.25. The number of hydrogen-bond acceptors (Lipinski definition) is 3. The van der Waals surface area contributed by atoms with Crippen LogP contribution in [0.25, 0.3) is 0 Å². The number of halogens is 3. The van der Waals surface area contributed by atoms with E-state index in [1.165, 1.54) is 18.2 Å². The highest BCUT2D eigenvalue weighted by atomic mass is 32.2. The van der Waals surface area contributed by atoms with Crippen LogP contribution in [0.2, 0.25) is 0 Å². The smallest absolute Gasteiger partial charge is 0.399 e. The molecule has 1 aromatic carbocycles. The van der Waals surface area contributed by atoms with E-state index in [1.807, 2.05) is 0 Å². The first-order valence-electron chi connectivity index (χ1n) is 6.36. The number of nitrogens with zero attached hydrogens (tertiary/aromatic N) is 1. The van der Waals surface area contributed by atoms with E-state index in [0.717, 1.165) is 0 Å². The molecule has 0 aliphatic heterocycles. The van der Waals surface area contributed by atoms with Crippen molar-refractivity contribution in [1.82, 2.24) is 4.31 Å². The van der Waals surface area contributed by atoms with Crippen LogP contribution in [0.1, 0.15) is 19.4 Å². The Morgan fingerprint density at radius 1 is 1.29 bits per heavy atom. The van der Waals surface area contributed by atoms with Crippen LogP contribution in [-0.2, 0) is 10.0 Å². The zero-order valence-electron chi connectivity index (χ0n) is 12.1. The molecule has 0 fully saturated rings. The first kappa shape index (κ1) is 17.8. The second kappa shape index (κ2) is 6.23. The molecule has 8 heteroatoms. The average Bonchev–Trinajstić information content (AvgIpc) is 2.29. The molecule has 1 rings (SSSR count). The SMILES string of the molecule is Cc1cc(S(=O)(=O)N(CC(C)C)CC(F)(F)F)ccc1N. The van der Waals surface area contributed by atoms with Gasteiger partial charge in [-0.25, -0.2) is 8.42 Å². The quantitative estimate of drug-likeness (QED) is 0.847. The number of benzene rings is 1. The van der Waals surface area contributed by atoms with Crippen LogP contribution in [0.4, 0.5) is 18.9 Å². The van der Waals surface area contributed by atoms with Gasteiger partial charge in [0.25, 0.3) is 0 Å². The normalized spacial score (nSPS) is 13.1. The van der Waals surface area contributed by atoms with Crippen LogP contribution in [0.5, 0.6) is 0 Å². The lowest BCUT2D eigenvalue weighted by Gasteiger charge is -2.25. The fraction of sp³-hybridized carbons (Fsp3) is 0.538. The molecule has 0 saturated carbocycles. The number of rotatable bonds is 5. The van der Waals surface area contributed by atoms with Crippen LogP contribution in [0.15, 0.2) is 23.1 Å². The van der Waals surface area contributed by atoms with Crippen LogP contribution >= 0.6 is 0 Å². The molecule has 0 unspecified atom stereocenters. The van der Waals surface area contributed by atoms with Crippen molar-refractivity contribution in [2.75, 3.05) is 18.8 Å². The summed E-state index contributed by atoms with van der Waals surface area (Å²) in [6.45, 7) is 3.22. The molecule has 120 valence electrons. The predicted molar refractivity (Wildman–Crippen MR) is 75.2 cm³/mol. The van der Waals surface area contributed by atoms with Crippen molar-refractivity contribution in [3.8, 4) is 0 Å². The van der Waals surface area contributed by atoms with Gasteiger partial charge in [-0.2, -0.15) is 17.5 Å². The molecule has 1 aromatic rings. The zero-order valence-corrected chi connectivity index (χ0v) is 12.9. The highest BCUT2D eigenvalue weighted by molar-refractivity contribution is 7.89. The van der Waals surface area contributed by atoms with E-state index in [2.05, 4.69) is 0 Å². The molecular formula is C13H19F3N2O2S. The van der Waals surface area contributed by atoms with E-state index in [9.17, 15) is 21.6 Å². The molecule has 0 aromatic heterocycles. The summed E-state index contributed by atoms with van der Waals surface area (Å²) in [5.74, 6) is -0.225. The Bertz CT molecular complexity index is 598. The predicted octanol–water partition coefficient (Wildman–Crippen LogP) is 2.79. The van der Waals surface area contributed by atoms with Gasteiger partial charge in [0.15, 0.2) is 0 Å². The van der Waals surface area contributed by atoms with E-state index >= 15 is 0 Å². The van der Waals surface area contributed by atoms with Crippen LogP contribution in [-0.4, -0.2) is 32.0 Å². The van der Waals surface area contributed by atoms with Crippen molar-refractivity contribution in [1.29, 1.82) is 0 Å². The van der Waals surface area contributed by atoms with Crippen molar-refractivity contribution in [2.45, 2.75) is 31.8 Å². The zero-order chi connectivity index (χ0) is 16.4. The summed E-state index contributed by atoms with van der Waals surface area (Å²) < 4.78 is 63.1. The lowest BCUT2D eigenvalue weighted by molar-refractivity contribution is -0.136. The molecule has 21 heavy (non-hydrogen) atoms. The molecule has 0 bridgehead atoms. The Kier molecular flexibility index (Phi) is 5.27. The van der Waals surface area contributed by atoms with Crippen molar-refractivity contribution < 1.29 is 21.6 Å². The summed E-state index contributed by atoms with van der Waals surface area (Å²) in [5, 5.41) is 0. The van der Waals surface area contributed by atoms with Gasteiger partial charge in [0.1, 0.15) is 6.54 Å². The fourth-order valence-electron chi connectivity index (χ4n) is 1.81. The Labute approximate surface area is 122 Å². The summed E-state index contributed by atoms with van der Waals surface area (Å²) in [4.78, 5) is -0.181. The number of alkyl halides is 3. The molecule has 0 saturated heterocycles. The molecule has 0 spiro atoms. The molecular weight excluding hydrogens is 305 g/mol. The fourth-order valence-corrected chi connectivity index (χ4v) is 3.49. The van der Waals surface area contributed by atoms with E-state index < -0.39 is 22.7 Å². The number of aryl methyl sites for hydroxylation is 1. The third-order valence-electron chi connectivity index (χ3n) is 2.80. The molecule has 2 N–H and O–H groups in total. The van der Waals surface area contributed by atoms with Gasteiger partial charge in [-0.3, -0.25) is 0 Å². The van der Waals surface area contributed by atoms with Crippen molar-refractivity contribution >= 4 is 15.7 Å². The van der Waals surface area contributed by atoms with Crippen molar-refractivity contribution in [3.63, 3.8) is 0 Å². The first-order chi connectivity index (χ1) is 9.43. The minimum Gasteiger partial charge on any atom is -0.399 e. The number of nitrogen functional groups attached to an aromatic ring is 1. The third kappa shape index (κ3) is 4.89. The Hall–Kier alpha value is -1.28. The van der Waals surface area contributed by atoms with Crippen LogP contribution in [0, 0.1) is 12.8 Å². The summed E-state index contributed by atoms with van der Waals surface area (Å²) >= 11 is 0. The molecule has 0 aliphatic carbocycles. The summed E-state index contributed by atoms with van der Waals surface area (Å²) in [6.07, 6.45) is -4.59. The number of sulfonamides is 1. The van der Waals surface area contributed by atoms with E-state index in [0.29, 0.717) is 15.6 Å². The Morgan fingerprint density at radius 2 is 1.86 bits per heavy atom. The van der Waals surface area contributed by atoms with Gasteiger partial charge in [0.2, 0.25) is 10.0 Å². The van der Waals surface area contributed by atoms with Gasteiger partial charge in [-0.1, -0.05) is 13.8 Å². The number of nitrogens with two attached hydrogens (primary N) is 1. The Morgan fingerprint density at radius 3 is 2.29 bits per heavy atom. The van der Waals surface area contributed by atoms with E-state index in [-0.39, 0.29) is 17.4 Å². The van der Waals surface area contributed by atoms with Gasteiger partial charge in [-0.05, 0) is 36.6 Å². The Balaban J connectivity index is 3.22. The second-order valence-corrected chi connectivity index (χ2v) is 7.26. The maximum Gasteiger partial charge on any atom is 0.402 e. The molecule has 0 atom stereocenters. The monoisotopic (exact) mass is 324 g/mol. The van der Waals surface area contributed by atoms with Crippen molar-refractivity contribution in [3.05, 3.63) is 23.8 Å². The van der Waals surface area contributed by atoms with Gasteiger partial charge in [-0.15, -0.1) is 0 Å². The number of anilines is 1. The standard InChI is InChI=1S/C13H19F3N2O2S/c1-9(2)7-18(8-13(14,15)16)21(19,20)11-4-5-12(17)10(3)6-11/h4-6,9H,7-8,17H2,1-3H3. The maximum absolute atomic E-state index is 12.6. The van der Waals surface area contributed by atoms with Crippen molar-refractivity contribution in [2.24, 2.45) is 5.92 Å². The summed E-state index contributed by atoms with van der Waals surface area (Å²) in [5.41, 5.74) is 6.50. The molecule has 0 amide bonds.